The molecule has 4 heterocycles. The number of carbonyl (C=O) groups excluding carboxylic acids is 4. The lowest BCUT2D eigenvalue weighted by Gasteiger charge is -2.56. The van der Waals surface area contributed by atoms with Crippen LogP contribution >= 0.6 is 11.6 Å². The van der Waals surface area contributed by atoms with Gasteiger partial charge in [0, 0.05) is 43.5 Å². The van der Waals surface area contributed by atoms with Crippen molar-refractivity contribution in [3.05, 3.63) is 53.2 Å². The number of halogens is 1. The summed E-state index contributed by atoms with van der Waals surface area (Å²) in [5, 5.41) is 17.3. The second-order valence-corrected chi connectivity index (χ2v) is 9.85. The van der Waals surface area contributed by atoms with Crippen LogP contribution in [0.4, 0.5) is 16.3 Å². The van der Waals surface area contributed by atoms with Crippen molar-refractivity contribution >= 4 is 46.9 Å². The van der Waals surface area contributed by atoms with Crippen LogP contribution in [-0.2, 0) is 19.9 Å². The minimum Gasteiger partial charge on any atom is -0.387 e. The predicted molar refractivity (Wildman–Crippen MR) is 129 cm³/mol. The van der Waals surface area contributed by atoms with E-state index < -0.39 is 30.0 Å². The second kappa shape index (κ2) is 9.16. The fourth-order valence-electron chi connectivity index (χ4n) is 5.35. The summed E-state index contributed by atoms with van der Waals surface area (Å²) in [5.41, 5.74) is -0.843. The number of nitrogens with zero attached hydrogens (tertiary/aromatic N) is 3. The molecule has 0 atom stereocenters. The van der Waals surface area contributed by atoms with Crippen molar-refractivity contribution in [2.75, 3.05) is 38.1 Å². The topological polar surface area (TPSA) is 144 Å². The Morgan fingerprint density at radius 2 is 1.78 bits per heavy atom. The van der Waals surface area contributed by atoms with E-state index in [-0.39, 0.29) is 11.3 Å². The van der Waals surface area contributed by atoms with Crippen molar-refractivity contribution in [1.82, 2.24) is 25.4 Å². The minimum absolute atomic E-state index is 0.108. The van der Waals surface area contributed by atoms with Crippen LogP contribution in [0.15, 0.2) is 42.6 Å². The molecule has 11 nitrogen and oxygen atoms in total. The number of amides is 5. The fourth-order valence-corrected chi connectivity index (χ4v) is 5.46. The summed E-state index contributed by atoms with van der Waals surface area (Å²) in [6.45, 7) is 1.38. The normalized spacial score (nSPS) is 20.9. The van der Waals surface area contributed by atoms with Crippen LogP contribution in [0.3, 0.4) is 0 Å². The minimum atomic E-state index is -1.75. The van der Waals surface area contributed by atoms with Gasteiger partial charge in [0.1, 0.15) is 12.4 Å². The van der Waals surface area contributed by atoms with Crippen LogP contribution in [0, 0.1) is 5.41 Å². The summed E-state index contributed by atoms with van der Waals surface area (Å²) in [5.74, 6) is -1.19. The van der Waals surface area contributed by atoms with Crippen molar-refractivity contribution in [2.24, 2.45) is 5.41 Å². The molecule has 188 valence electrons. The number of hydrogen-bond acceptors (Lipinski definition) is 8. The lowest BCUT2D eigenvalue weighted by atomic mass is 9.70. The van der Waals surface area contributed by atoms with Gasteiger partial charge in [0.25, 0.3) is 11.8 Å². The highest BCUT2D eigenvalue weighted by molar-refractivity contribution is 6.30. The highest BCUT2D eigenvalue weighted by atomic mass is 35.5. The molecular weight excluding hydrogens is 488 g/mol. The Kier molecular flexibility index (Phi) is 6.15. The summed E-state index contributed by atoms with van der Waals surface area (Å²) in [6.07, 6.45) is 2.82. The quantitative estimate of drug-likeness (QED) is 0.434. The molecule has 1 aromatic carbocycles. The van der Waals surface area contributed by atoms with Crippen LogP contribution in [0.1, 0.15) is 18.4 Å². The third-order valence-electron chi connectivity index (χ3n) is 7.23. The van der Waals surface area contributed by atoms with Crippen LogP contribution < -0.4 is 16.0 Å². The van der Waals surface area contributed by atoms with Gasteiger partial charge >= 0.3 is 6.03 Å². The molecule has 0 unspecified atom stereocenters. The molecule has 0 saturated carbocycles. The molecule has 36 heavy (non-hydrogen) atoms. The van der Waals surface area contributed by atoms with Crippen molar-refractivity contribution in [3.63, 3.8) is 0 Å². The van der Waals surface area contributed by atoms with Gasteiger partial charge in [-0.1, -0.05) is 23.7 Å². The maximum atomic E-state index is 13.4. The third-order valence-corrected chi connectivity index (χ3v) is 7.45. The van der Waals surface area contributed by atoms with E-state index in [0.717, 1.165) is 0 Å². The largest absolute Gasteiger partial charge is 0.387 e. The zero-order chi connectivity index (χ0) is 25.5. The van der Waals surface area contributed by atoms with Crippen LogP contribution in [0.2, 0.25) is 5.02 Å². The smallest absolute Gasteiger partial charge is 0.328 e. The Labute approximate surface area is 211 Å². The van der Waals surface area contributed by atoms with Crippen molar-refractivity contribution in [3.8, 4) is 0 Å². The number of pyridine rings is 1. The molecule has 2 aromatic rings. The number of aliphatic hydroxyl groups is 1. The van der Waals surface area contributed by atoms with Crippen molar-refractivity contribution in [2.45, 2.75) is 18.4 Å². The number of likely N-dealkylation sites (tertiary alicyclic amines) is 2. The maximum absolute atomic E-state index is 13.4. The Morgan fingerprint density at radius 1 is 1.08 bits per heavy atom. The SMILES string of the molecule is O=C1NC(=O)C(c2cccc(Nc3ccc(Cl)cn3)c2)(N2CCC3(CC2)CN(C(=O)CO)C3)C(=O)N1. The molecule has 0 radical (unpaired) electrons. The number of benzene rings is 1. The Morgan fingerprint density at radius 3 is 2.39 bits per heavy atom. The van der Waals surface area contributed by atoms with Crippen molar-refractivity contribution in [1.29, 1.82) is 0 Å². The molecular formula is C24H25ClN6O5. The van der Waals surface area contributed by atoms with E-state index in [4.69, 9.17) is 16.7 Å². The van der Waals surface area contributed by atoms with Gasteiger partial charge < -0.3 is 15.3 Å². The van der Waals surface area contributed by atoms with E-state index in [1.54, 1.807) is 46.2 Å². The predicted octanol–water partition coefficient (Wildman–Crippen LogP) is 0.957. The highest BCUT2D eigenvalue weighted by Crippen LogP contribution is 2.44. The number of urea groups is 1. The van der Waals surface area contributed by atoms with Gasteiger partial charge in [-0.25, -0.2) is 9.78 Å². The number of nitrogens with one attached hydrogen (secondary N) is 3. The van der Waals surface area contributed by atoms with Gasteiger partial charge in [-0.3, -0.25) is 29.9 Å². The molecule has 1 aromatic heterocycles. The van der Waals surface area contributed by atoms with Crippen LogP contribution in [-0.4, -0.2) is 76.4 Å². The van der Waals surface area contributed by atoms with Crippen molar-refractivity contribution < 1.29 is 24.3 Å². The summed E-state index contributed by atoms with van der Waals surface area (Å²) in [6, 6.07) is 9.43. The van der Waals surface area contributed by atoms with E-state index >= 15 is 0 Å². The summed E-state index contributed by atoms with van der Waals surface area (Å²) in [4.78, 5) is 58.2. The van der Waals surface area contributed by atoms with Gasteiger partial charge in [0.15, 0.2) is 0 Å². The fraction of sp³-hybridized carbons (Fsp3) is 0.375. The molecule has 12 heteroatoms. The molecule has 3 saturated heterocycles. The van der Waals surface area contributed by atoms with Gasteiger partial charge in [0.2, 0.25) is 11.4 Å². The lowest BCUT2D eigenvalue weighted by molar-refractivity contribution is -0.157. The first-order chi connectivity index (χ1) is 17.3. The number of carbonyl (C=O) groups is 4. The highest BCUT2D eigenvalue weighted by Gasteiger charge is 2.58. The van der Waals surface area contributed by atoms with E-state index in [2.05, 4.69) is 20.9 Å². The van der Waals surface area contributed by atoms with E-state index in [9.17, 15) is 19.2 Å². The number of aliphatic hydroxyl groups excluding tert-OH is 1. The average Bonchev–Trinajstić information content (AvgIpc) is 2.84. The number of aromatic nitrogens is 1. The summed E-state index contributed by atoms with van der Waals surface area (Å²) < 4.78 is 0. The molecule has 3 fully saturated rings. The van der Waals surface area contributed by atoms with Gasteiger partial charge in [-0.15, -0.1) is 0 Å². The first-order valence-corrected chi connectivity index (χ1v) is 11.9. The molecule has 0 bridgehead atoms. The molecule has 3 aliphatic rings. The molecule has 1 spiro atoms. The van der Waals surface area contributed by atoms with Crippen LogP contribution in [0.25, 0.3) is 0 Å². The number of imide groups is 2. The summed E-state index contributed by atoms with van der Waals surface area (Å²) >= 11 is 5.91. The summed E-state index contributed by atoms with van der Waals surface area (Å²) in [7, 11) is 0. The third kappa shape index (κ3) is 4.08. The molecule has 3 aliphatic heterocycles. The molecule has 5 rings (SSSR count). The first-order valence-electron chi connectivity index (χ1n) is 11.6. The number of anilines is 2. The second-order valence-electron chi connectivity index (χ2n) is 9.41. The van der Waals surface area contributed by atoms with Gasteiger partial charge in [-0.2, -0.15) is 0 Å². The Bertz CT molecular complexity index is 1200. The monoisotopic (exact) mass is 512 g/mol. The standard InChI is InChI=1S/C24H25ClN6O5/c25-16-4-5-18(26-11-16)27-17-3-1-2-15(10-17)24(20(34)28-22(36)29-21(24)35)31-8-6-23(7-9-31)13-30(14-23)19(33)12-32/h1-5,10-11,32H,6-9,12-14H2,(H,26,27)(H2,28,29,34,35,36). The lowest BCUT2D eigenvalue weighted by Crippen LogP contribution is -2.73. The van der Waals surface area contributed by atoms with Crippen LogP contribution in [0.5, 0.6) is 0 Å². The molecule has 4 N–H and O–H groups in total. The maximum Gasteiger partial charge on any atom is 0.328 e. The van der Waals surface area contributed by atoms with E-state index in [1.807, 2.05) is 0 Å². The van der Waals surface area contributed by atoms with Gasteiger partial charge in [-0.05, 0) is 42.7 Å². The Balaban J connectivity index is 1.43. The van der Waals surface area contributed by atoms with E-state index in [1.165, 1.54) is 6.20 Å². The first kappa shape index (κ1) is 24.2. The zero-order valence-electron chi connectivity index (χ0n) is 19.3. The number of rotatable bonds is 5. The zero-order valence-corrected chi connectivity index (χ0v) is 20.0. The number of hydrogen-bond donors (Lipinski definition) is 4. The molecule has 0 aliphatic carbocycles. The number of barbiturate groups is 1. The number of piperidine rings is 1. The van der Waals surface area contributed by atoms with Gasteiger partial charge in [0.05, 0.1) is 5.02 Å². The molecule has 5 amide bonds. The average molecular weight is 513 g/mol. The van der Waals surface area contributed by atoms with E-state index in [0.29, 0.717) is 61.1 Å². The Hall–Kier alpha value is -3.54.